The highest BCUT2D eigenvalue weighted by Gasteiger charge is 2.38. The SMILES string of the molecule is CC(Oc1ccc2c(n1)CCN(CCC1(F)CCC(NC(=O)COc3cnn(C)c3)CC1)CC2)C(F)(F)F. The summed E-state index contributed by atoms with van der Waals surface area (Å²) in [5.74, 6) is 0.257. The number of nitrogens with zero attached hydrogens (tertiary/aromatic N) is 4. The summed E-state index contributed by atoms with van der Waals surface area (Å²) in [6, 6.07) is 3.19. The van der Waals surface area contributed by atoms with E-state index in [1.807, 2.05) is 0 Å². The Morgan fingerprint density at radius 3 is 2.66 bits per heavy atom. The van der Waals surface area contributed by atoms with Crippen molar-refractivity contribution in [1.29, 1.82) is 0 Å². The van der Waals surface area contributed by atoms with E-state index in [2.05, 4.69) is 20.3 Å². The minimum atomic E-state index is -4.45. The molecular weight excluding hydrogens is 506 g/mol. The van der Waals surface area contributed by atoms with Crippen molar-refractivity contribution in [2.45, 2.75) is 75.9 Å². The molecule has 8 nitrogen and oxygen atoms in total. The first-order valence-corrected chi connectivity index (χ1v) is 13.0. The molecule has 1 fully saturated rings. The Kier molecular flexibility index (Phi) is 8.79. The van der Waals surface area contributed by atoms with Crippen LogP contribution in [0.15, 0.2) is 24.5 Å². The van der Waals surface area contributed by atoms with Gasteiger partial charge < -0.3 is 19.7 Å². The van der Waals surface area contributed by atoms with Crippen LogP contribution in [0.5, 0.6) is 11.6 Å². The molecule has 38 heavy (non-hydrogen) atoms. The zero-order valence-electron chi connectivity index (χ0n) is 21.8. The third kappa shape index (κ3) is 7.81. The molecule has 0 radical (unpaired) electrons. The fourth-order valence-corrected chi connectivity index (χ4v) is 4.93. The molecule has 0 aromatic carbocycles. The van der Waals surface area contributed by atoms with Gasteiger partial charge in [0.15, 0.2) is 18.5 Å². The van der Waals surface area contributed by atoms with Gasteiger partial charge in [-0.05, 0) is 51.0 Å². The summed E-state index contributed by atoms with van der Waals surface area (Å²) < 4.78 is 66.0. The van der Waals surface area contributed by atoms with E-state index in [-0.39, 0.29) is 24.4 Å². The fraction of sp³-hybridized carbons (Fsp3) is 0.654. The Bertz CT molecular complexity index is 1090. The van der Waals surface area contributed by atoms with Crippen molar-refractivity contribution in [3.63, 3.8) is 0 Å². The molecule has 1 saturated carbocycles. The van der Waals surface area contributed by atoms with Crippen molar-refractivity contribution >= 4 is 5.91 Å². The third-order valence-corrected chi connectivity index (χ3v) is 7.34. The van der Waals surface area contributed by atoms with E-state index in [0.717, 1.165) is 24.7 Å². The van der Waals surface area contributed by atoms with Crippen LogP contribution in [-0.4, -0.2) is 75.8 Å². The molecule has 210 valence electrons. The maximum absolute atomic E-state index is 15.6. The zero-order valence-corrected chi connectivity index (χ0v) is 21.8. The molecule has 1 amide bonds. The molecule has 12 heteroatoms. The van der Waals surface area contributed by atoms with E-state index in [1.54, 1.807) is 24.0 Å². The van der Waals surface area contributed by atoms with Crippen molar-refractivity contribution in [1.82, 2.24) is 25.0 Å². The largest absolute Gasteiger partial charge is 0.480 e. The summed E-state index contributed by atoms with van der Waals surface area (Å²) in [5, 5.41) is 6.92. The smallest absolute Gasteiger partial charge is 0.425 e. The molecule has 1 aliphatic heterocycles. The number of nitrogens with one attached hydrogen (secondary N) is 1. The van der Waals surface area contributed by atoms with E-state index >= 15 is 4.39 Å². The van der Waals surface area contributed by atoms with E-state index in [4.69, 9.17) is 9.47 Å². The summed E-state index contributed by atoms with van der Waals surface area (Å²) in [7, 11) is 1.76. The number of fused-ring (bicyclic) bond motifs is 1. The van der Waals surface area contributed by atoms with Crippen LogP contribution in [0.4, 0.5) is 17.6 Å². The highest BCUT2D eigenvalue weighted by Crippen LogP contribution is 2.35. The lowest BCUT2D eigenvalue weighted by molar-refractivity contribution is -0.190. The Hall–Kier alpha value is -2.89. The molecule has 0 spiro atoms. The van der Waals surface area contributed by atoms with Gasteiger partial charge in [-0.25, -0.2) is 9.37 Å². The van der Waals surface area contributed by atoms with Crippen LogP contribution in [0.2, 0.25) is 0 Å². The zero-order chi connectivity index (χ0) is 27.3. The van der Waals surface area contributed by atoms with Gasteiger partial charge in [0.1, 0.15) is 5.67 Å². The number of hydrogen-bond acceptors (Lipinski definition) is 6. The van der Waals surface area contributed by atoms with Gasteiger partial charge in [-0.3, -0.25) is 9.48 Å². The molecule has 2 aromatic heterocycles. The number of carbonyl (C=O) groups excluding carboxylic acids is 1. The number of amides is 1. The Labute approximate surface area is 219 Å². The topological polar surface area (TPSA) is 81.5 Å². The van der Waals surface area contributed by atoms with Crippen LogP contribution >= 0.6 is 0 Å². The van der Waals surface area contributed by atoms with Crippen molar-refractivity contribution in [2.24, 2.45) is 7.05 Å². The van der Waals surface area contributed by atoms with E-state index in [1.165, 1.54) is 12.3 Å². The Morgan fingerprint density at radius 1 is 1.24 bits per heavy atom. The maximum atomic E-state index is 15.6. The van der Waals surface area contributed by atoms with Crippen molar-refractivity contribution in [2.75, 3.05) is 26.2 Å². The molecule has 1 atom stereocenters. The highest BCUT2D eigenvalue weighted by atomic mass is 19.4. The van der Waals surface area contributed by atoms with Crippen molar-refractivity contribution in [3.05, 3.63) is 35.8 Å². The van der Waals surface area contributed by atoms with Crippen molar-refractivity contribution < 1.29 is 31.8 Å². The second-order valence-corrected chi connectivity index (χ2v) is 10.3. The number of aryl methyl sites for hydroxylation is 1. The average Bonchev–Trinajstić information content (AvgIpc) is 3.18. The van der Waals surface area contributed by atoms with Gasteiger partial charge >= 0.3 is 6.18 Å². The maximum Gasteiger partial charge on any atom is 0.425 e. The molecule has 0 saturated heterocycles. The van der Waals surface area contributed by atoms with Gasteiger partial charge in [-0.15, -0.1) is 0 Å². The molecule has 1 aliphatic carbocycles. The summed E-state index contributed by atoms with van der Waals surface area (Å²) in [5.41, 5.74) is 0.441. The quantitative estimate of drug-likeness (QED) is 0.487. The molecule has 1 N–H and O–H groups in total. The van der Waals surface area contributed by atoms with Crippen LogP contribution < -0.4 is 14.8 Å². The number of carbonyl (C=O) groups is 1. The number of alkyl halides is 4. The van der Waals surface area contributed by atoms with Crippen LogP contribution in [0.3, 0.4) is 0 Å². The number of aromatic nitrogens is 3. The number of ether oxygens (including phenoxy) is 2. The molecular formula is C26H35F4N5O3. The summed E-state index contributed by atoms with van der Waals surface area (Å²) in [4.78, 5) is 18.7. The van der Waals surface area contributed by atoms with Gasteiger partial charge in [0.25, 0.3) is 5.91 Å². The van der Waals surface area contributed by atoms with E-state index in [9.17, 15) is 18.0 Å². The normalized spacial score (nSPS) is 23.3. The second-order valence-electron chi connectivity index (χ2n) is 10.3. The minimum absolute atomic E-state index is 0.0303. The Morgan fingerprint density at radius 2 is 1.97 bits per heavy atom. The highest BCUT2D eigenvalue weighted by molar-refractivity contribution is 5.77. The number of hydrogen-bond donors (Lipinski definition) is 1. The molecule has 4 rings (SSSR count). The molecule has 2 aromatic rings. The fourth-order valence-electron chi connectivity index (χ4n) is 4.93. The molecule has 2 aliphatic rings. The summed E-state index contributed by atoms with van der Waals surface area (Å²) >= 11 is 0. The lowest BCUT2D eigenvalue weighted by atomic mass is 9.81. The molecule has 3 heterocycles. The van der Waals surface area contributed by atoms with Gasteiger partial charge in [0, 0.05) is 50.9 Å². The summed E-state index contributed by atoms with van der Waals surface area (Å²) in [6.45, 7) is 2.84. The molecule has 0 bridgehead atoms. The van der Waals surface area contributed by atoms with Crippen LogP contribution in [0.1, 0.15) is 50.3 Å². The lowest BCUT2D eigenvalue weighted by Crippen LogP contribution is -2.44. The van der Waals surface area contributed by atoms with Gasteiger partial charge in [-0.2, -0.15) is 18.3 Å². The van der Waals surface area contributed by atoms with Crippen molar-refractivity contribution in [3.8, 4) is 11.6 Å². The van der Waals surface area contributed by atoms with Gasteiger partial charge in [-0.1, -0.05) is 6.07 Å². The predicted molar refractivity (Wildman–Crippen MR) is 132 cm³/mol. The monoisotopic (exact) mass is 541 g/mol. The van der Waals surface area contributed by atoms with Crippen LogP contribution in [0.25, 0.3) is 0 Å². The first-order chi connectivity index (χ1) is 18.0. The first kappa shape index (κ1) is 28.1. The molecule has 1 unspecified atom stereocenters. The lowest BCUT2D eigenvalue weighted by Gasteiger charge is -2.35. The standard InChI is InChI=1S/C26H35F4N5O3/c1-18(26(28,29)30)38-24-4-3-19-7-12-35(13-8-22(19)33-24)14-11-25(27)9-5-20(6-10-25)32-23(36)17-37-21-15-31-34(2)16-21/h3-4,15-16,18,20H,5-14,17H2,1-2H3,(H,32,36). The Balaban J connectivity index is 1.18. The van der Waals surface area contributed by atoms with Gasteiger partial charge in [0.2, 0.25) is 5.88 Å². The predicted octanol–water partition coefficient (Wildman–Crippen LogP) is 3.78. The number of halogens is 4. The second kappa shape index (κ2) is 11.9. The number of pyridine rings is 1. The first-order valence-electron chi connectivity index (χ1n) is 13.0. The summed E-state index contributed by atoms with van der Waals surface area (Å²) in [6.07, 6.45) is 0.418. The third-order valence-electron chi connectivity index (χ3n) is 7.34. The van der Waals surface area contributed by atoms with E-state index in [0.29, 0.717) is 63.8 Å². The minimum Gasteiger partial charge on any atom is -0.480 e. The van der Waals surface area contributed by atoms with Gasteiger partial charge in [0.05, 0.1) is 12.4 Å². The van der Waals surface area contributed by atoms with Crippen LogP contribution in [0, 0.1) is 0 Å². The van der Waals surface area contributed by atoms with Crippen LogP contribution in [-0.2, 0) is 24.7 Å². The average molecular weight is 542 g/mol. The number of rotatable bonds is 9. The van der Waals surface area contributed by atoms with E-state index < -0.39 is 17.9 Å².